The summed E-state index contributed by atoms with van der Waals surface area (Å²) in [4.78, 5) is 0.384. The van der Waals surface area contributed by atoms with Crippen LogP contribution in [0.5, 0.6) is 0 Å². The molecule has 1 aromatic carbocycles. The van der Waals surface area contributed by atoms with Gasteiger partial charge in [-0.05, 0) is 19.1 Å². The molecule has 0 saturated carbocycles. The van der Waals surface area contributed by atoms with Crippen molar-refractivity contribution in [3.8, 4) is 0 Å². The smallest absolute Gasteiger partial charge is 0.181 e. The number of sulfone groups is 1. The standard InChI is InChI=1S/C11H14O3S2/c1-9-2-4-10(5-3-9)16(12,13)8-11-14-6-7-15-11/h2-5,11H,6-8H2,1H3. The average Bonchev–Trinajstić information content (AvgIpc) is 2.70. The zero-order chi connectivity index (χ0) is 11.6. The molecule has 0 bridgehead atoms. The van der Waals surface area contributed by atoms with Gasteiger partial charge in [-0.2, -0.15) is 0 Å². The molecular formula is C11H14O3S2. The topological polar surface area (TPSA) is 43.4 Å². The van der Waals surface area contributed by atoms with Crippen LogP contribution in [0.15, 0.2) is 29.2 Å². The number of hydrogen-bond donors (Lipinski definition) is 0. The predicted molar refractivity (Wildman–Crippen MR) is 65.4 cm³/mol. The second kappa shape index (κ2) is 4.77. The molecule has 1 aliphatic heterocycles. The van der Waals surface area contributed by atoms with E-state index in [1.54, 1.807) is 23.9 Å². The maximum absolute atomic E-state index is 12.0. The van der Waals surface area contributed by atoms with Crippen LogP contribution in [0, 0.1) is 6.92 Å². The number of thioether (sulfide) groups is 1. The van der Waals surface area contributed by atoms with E-state index >= 15 is 0 Å². The molecule has 5 heteroatoms. The quantitative estimate of drug-likeness (QED) is 0.830. The van der Waals surface area contributed by atoms with E-state index in [0.717, 1.165) is 11.3 Å². The van der Waals surface area contributed by atoms with Crippen LogP contribution in [0.1, 0.15) is 5.56 Å². The van der Waals surface area contributed by atoms with Crippen molar-refractivity contribution < 1.29 is 13.2 Å². The summed E-state index contributed by atoms with van der Waals surface area (Å²) in [5.41, 5.74) is 0.858. The van der Waals surface area contributed by atoms with Crippen molar-refractivity contribution >= 4 is 21.6 Å². The minimum Gasteiger partial charge on any atom is -0.366 e. The summed E-state index contributed by atoms with van der Waals surface area (Å²) in [5.74, 6) is 0.953. The minimum absolute atomic E-state index is 0.0702. The molecule has 1 aliphatic rings. The Balaban J connectivity index is 2.14. The molecule has 1 fully saturated rings. The number of hydrogen-bond acceptors (Lipinski definition) is 4. The minimum atomic E-state index is -3.21. The Morgan fingerprint density at radius 3 is 2.62 bits per heavy atom. The molecule has 1 heterocycles. The summed E-state index contributed by atoms with van der Waals surface area (Å²) in [7, 11) is -3.21. The summed E-state index contributed by atoms with van der Waals surface area (Å²) in [6.07, 6.45) is 0. The Bertz CT molecular complexity index is 445. The Morgan fingerprint density at radius 2 is 2.06 bits per heavy atom. The van der Waals surface area contributed by atoms with Crippen LogP contribution in [0.2, 0.25) is 0 Å². The molecule has 0 spiro atoms. The highest BCUT2D eigenvalue weighted by Gasteiger charge is 2.25. The van der Waals surface area contributed by atoms with Gasteiger partial charge in [-0.3, -0.25) is 0 Å². The fourth-order valence-corrected chi connectivity index (χ4v) is 4.29. The first-order valence-corrected chi connectivity index (χ1v) is 7.81. The lowest BCUT2D eigenvalue weighted by Gasteiger charge is -2.09. The molecule has 1 unspecified atom stereocenters. The van der Waals surface area contributed by atoms with Gasteiger partial charge in [-0.1, -0.05) is 17.7 Å². The van der Waals surface area contributed by atoms with Crippen molar-refractivity contribution in [2.24, 2.45) is 0 Å². The fraction of sp³-hybridized carbons (Fsp3) is 0.455. The maximum atomic E-state index is 12.0. The SMILES string of the molecule is Cc1ccc(S(=O)(=O)CC2OCCS2)cc1. The van der Waals surface area contributed by atoms with Crippen molar-refractivity contribution in [1.29, 1.82) is 0 Å². The Morgan fingerprint density at radius 1 is 1.38 bits per heavy atom. The van der Waals surface area contributed by atoms with E-state index in [0.29, 0.717) is 11.5 Å². The van der Waals surface area contributed by atoms with Crippen molar-refractivity contribution in [3.63, 3.8) is 0 Å². The largest absolute Gasteiger partial charge is 0.366 e. The van der Waals surface area contributed by atoms with Crippen LogP contribution in [-0.2, 0) is 14.6 Å². The van der Waals surface area contributed by atoms with Gasteiger partial charge in [0, 0.05) is 5.75 Å². The molecule has 1 atom stereocenters. The van der Waals surface area contributed by atoms with E-state index < -0.39 is 9.84 Å². The summed E-state index contributed by atoms with van der Waals surface area (Å²) < 4.78 is 29.3. The van der Waals surface area contributed by atoms with E-state index in [-0.39, 0.29) is 11.2 Å². The second-order valence-electron chi connectivity index (χ2n) is 3.77. The highest BCUT2D eigenvalue weighted by atomic mass is 32.2. The van der Waals surface area contributed by atoms with Crippen LogP contribution in [0.25, 0.3) is 0 Å². The van der Waals surface area contributed by atoms with Crippen LogP contribution in [-0.4, -0.2) is 32.0 Å². The van der Waals surface area contributed by atoms with E-state index in [9.17, 15) is 8.42 Å². The van der Waals surface area contributed by atoms with E-state index in [1.165, 1.54) is 0 Å². The highest BCUT2D eigenvalue weighted by molar-refractivity contribution is 8.01. The Kier molecular flexibility index (Phi) is 3.56. The van der Waals surface area contributed by atoms with Gasteiger partial charge in [0.2, 0.25) is 0 Å². The number of aryl methyl sites for hydroxylation is 1. The molecule has 0 aliphatic carbocycles. The van der Waals surface area contributed by atoms with E-state index in [4.69, 9.17) is 4.74 Å². The van der Waals surface area contributed by atoms with Gasteiger partial charge in [-0.15, -0.1) is 11.8 Å². The van der Waals surface area contributed by atoms with Gasteiger partial charge in [0.1, 0.15) is 5.44 Å². The van der Waals surface area contributed by atoms with Crippen molar-refractivity contribution in [3.05, 3.63) is 29.8 Å². The zero-order valence-corrected chi connectivity index (χ0v) is 10.7. The van der Waals surface area contributed by atoms with Gasteiger partial charge >= 0.3 is 0 Å². The Labute approximate surface area is 100 Å². The summed E-state index contributed by atoms with van der Waals surface area (Å²) in [6.45, 7) is 2.59. The summed E-state index contributed by atoms with van der Waals surface area (Å²) in [5, 5.41) is 0. The van der Waals surface area contributed by atoms with Crippen LogP contribution in [0.3, 0.4) is 0 Å². The first-order chi connectivity index (χ1) is 7.58. The third-order valence-electron chi connectivity index (χ3n) is 2.43. The Hall–Kier alpha value is -0.520. The zero-order valence-electron chi connectivity index (χ0n) is 9.05. The van der Waals surface area contributed by atoms with Crippen molar-refractivity contribution in [2.75, 3.05) is 18.1 Å². The maximum Gasteiger partial charge on any atom is 0.181 e. The molecule has 0 aromatic heterocycles. The lowest BCUT2D eigenvalue weighted by molar-refractivity contribution is 0.157. The molecule has 16 heavy (non-hydrogen) atoms. The van der Waals surface area contributed by atoms with Gasteiger partial charge in [0.15, 0.2) is 9.84 Å². The van der Waals surface area contributed by atoms with Crippen LogP contribution in [0.4, 0.5) is 0 Å². The molecule has 3 nitrogen and oxygen atoms in total. The highest BCUT2D eigenvalue weighted by Crippen LogP contribution is 2.24. The van der Waals surface area contributed by atoms with Gasteiger partial charge in [-0.25, -0.2) is 8.42 Å². The molecule has 0 amide bonds. The van der Waals surface area contributed by atoms with E-state index in [2.05, 4.69) is 0 Å². The molecule has 0 radical (unpaired) electrons. The first-order valence-electron chi connectivity index (χ1n) is 5.10. The number of rotatable bonds is 3. The molecule has 1 saturated heterocycles. The lowest BCUT2D eigenvalue weighted by Crippen LogP contribution is -2.18. The summed E-state index contributed by atoms with van der Waals surface area (Å²) in [6, 6.07) is 6.94. The molecule has 1 aromatic rings. The van der Waals surface area contributed by atoms with Gasteiger partial charge < -0.3 is 4.74 Å². The number of ether oxygens (including phenoxy) is 1. The van der Waals surface area contributed by atoms with Crippen molar-refractivity contribution in [1.82, 2.24) is 0 Å². The third-order valence-corrected chi connectivity index (χ3v) is 5.45. The molecule has 88 valence electrons. The first kappa shape index (κ1) is 12.0. The van der Waals surface area contributed by atoms with Gasteiger partial charge in [0.25, 0.3) is 0 Å². The number of benzene rings is 1. The fourth-order valence-electron chi connectivity index (χ4n) is 1.52. The molecule has 2 rings (SSSR count). The van der Waals surface area contributed by atoms with Crippen LogP contribution >= 0.6 is 11.8 Å². The van der Waals surface area contributed by atoms with Crippen LogP contribution < -0.4 is 0 Å². The lowest BCUT2D eigenvalue weighted by atomic mass is 10.2. The summed E-state index contributed by atoms with van der Waals surface area (Å²) >= 11 is 1.57. The average molecular weight is 258 g/mol. The van der Waals surface area contributed by atoms with Crippen molar-refractivity contribution in [2.45, 2.75) is 17.3 Å². The molecular weight excluding hydrogens is 244 g/mol. The van der Waals surface area contributed by atoms with Gasteiger partial charge in [0.05, 0.1) is 17.3 Å². The monoisotopic (exact) mass is 258 g/mol. The normalized spacial score (nSPS) is 21.2. The second-order valence-corrected chi connectivity index (χ2v) is 7.07. The molecule has 0 N–H and O–H groups in total. The van der Waals surface area contributed by atoms with E-state index in [1.807, 2.05) is 19.1 Å². The third kappa shape index (κ3) is 2.78. The predicted octanol–water partition coefficient (Wildman–Crippen LogP) is 1.86.